The first kappa shape index (κ1) is 31.5. The van der Waals surface area contributed by atoms with E-state index in [0.717, 1.165) is 33.4 Å². The fraction of sp³-hybridized carbons (Fsp3) is 0.179. The van der Waals surface area contributed by atoms with Crippen molar-refractivity contribution in [3.8, 4) is 11.1 Å². The standard InChI is InChI=1S/C39H34ClNO4S/c1-46-25-24-36(41-38(43)44-26-33-31-20-10-8-18-29(31)30-19-9-11-21-32(30)33)37(42)45-39(27-14-4-2-5-15-27,28-16-6-3-7-17-28)34-22-12-13-23-35(34)40/h2-23,33,36H,24-26H2,1H3,(H,41,43)/t36-/m0/s1. The number of esters is 1. The van der Waals surface area contributed by atoms with Crippen molar-refractivity contribution in [2.75, 3.05) is 18.6 Å². The zero-order chi connectivity index (χ0) is 31.9. The minimum absolute atomic E-state index is 0.0983. The summed E-state index contributed by atoms with van der Waals surface area (Å²) in [6, 6.07) is 41.8. The number of halogens is 1. The zero-order valence-electron chi connectivity index (χ0n) is 25.4. The van der Waals surface area contributed by atoms with Crippen molar-refractivity contribution in [1.29, 1.82) is 0 Å². The van der Waals surface area contributed by atoms with E-state index in [1.807, 2.05) is 109 Å². The van der Waals surface area contributed by atoms with E-state index in [1.165, 1.54) is 0 Å². The number of ether oxygens (including phenoxy) is 2. The fourth-order valence-corrected chi connectivity index (χ4v) is 6.97. The second-order valence-electron chi connectivity index (χ2n) is 11.1. The Morgan fingerprint density at radius 2 is 1.28 bits per heavy atom. The van der Waals surface area contributed by atoms with Gasteiger partial charge in [-0.25, -0.2) is 9.59 Å². The molecule has 5 nitrogen and oxygen atoms in total. The maximum Gasteiger partial charge on any atom is 0.407 e. The van der Waals surface area contributed by atoms with Gasteiger partial charge < -0.3 is 14.8 Å². The molecule has 1 amide bonds. The van der Waals surface area contributed by atoms with Gasteiger partial charge in [-0.1, -0.05) is 139 Å². The van der Waals surface area contributed by atoms with E-state index in [0.29, 0.717) is 22.8 Å². The summed E-state index contributed by atoms with van der Waals surface area (Å²) in [6.07, 6.45) is 1.64. The van der Waals surface area contributed by atoms with E-state index in [9.17, 15) is 9.59 Å². The number of amides is 1. The molecule has 0 unspecified atom stereocenters. The third-order valence-corrected chi connectivity index (χ3v) is 9.37. The number of hydrogen-bond acceptors (Lipinski definition) is 5. The summed E-state index contributed by atoms with van der Waals surface area (Å²) in [7, 11) is 0. The predicted octanol–water partition coefficient (Wildman–Crippen LogP) is 8.84. The molecular formula is C39H34ClNO4S. The molecule has 0 aromatic heterocycles. The second kappa shape index (κ2) is 14.3. The van der Waals surface area contributed by atoms with Gasteiger partial charge in [-0.15, -0.1) is 0 Å². The lowest BCUT2D eigenvalue weighted by molar-refractivity contribution is -0.156. The number of fused-ring (bicyclic) bond motifs is 3. The van der Waals surface area contributed by atoms with Crippen molar-refractivity contribution < 1.29 is 19.1 Å². The molecule has 0 heterocycles. The number of nitrogens with one attached hydrogen (secondary N) is 1. The number of carbonyl (C=O) groups is 2. The first-order valence-electron chi connectivity index (χ1n) is 15.2. The van der Waals surface area contributed by atoms with Crippen LogP contribution < -0.4 is 5.32 Å². The van der Waals surface area contributed by atoms with Crippen molar-refractivity contribution >= 4 is 35.4 Å². The van der Waals surface area contributed by atoms with Gasteiger partial charge >= 0.3 is 12.1 Å². The maximum atomic E-state index is 14.3. The first-order valence-corrected chi connectivity index (χ1v) is 17.0. The van der Waals surface area contributed by atoms with Crippen LogP contribution in [0.3, 0.4) is 0 Å². The normalized spacial score (nSPS) is 12.9. The molecule has 0 fully saturated rings. The van der Waals surface area contributed by atoms with Gasteiger partial charge in [-0.2, -0.15) is 11.8 Å². The smallest absolute Gasteiger partial charge is 0.407 e. The van der Waals surface area contributed by atoms with Gasteiger partial charge in [-0.3, -0.25) is 0 Å². The van der Waals surface area contributed by atoms with E-state index in [1.54, 1.807) is 17.8 Å². The monoisotopic (exact) mass is 647 g/mol. The summed E-state index contributed by atoms with van der Waals surface area (Å²) in [5, 5.41) is 3.29. The number of thioether (sulfide) groups is 1. The summed E-state index contributed by atoms with van der Waals surface area (Å²) in [6.45, 7) is 0.141. The van der Waals surface area contributed by atoms with Gasteiger partial charge in [0.2, 0.25) is 0 Å². The number of hydrogen-bond donors (Lipinski definition) is 1. The molecule has 7 heteroatoms. The summed E-state index contributed by atoms with van der Waals surface area (Å²) in [4.78, 5) is 27.6. The van der Waals surface area contributed by atoms with Crippen LogP contribution in [0.5, 0.6) is 0 Å². The molecule has 0 bridgehead atoms. The Morgan fingerprint density at radius 1 is 0.761 bits per heavy atom. The van der Waals surface area contributed by atoms with Crippen LogP contribution in [-0.4, -0.2) is 36.7 Å². The lowest BCUT2D eigenvalue weighted by Gasteiger charge is -2.37. The molecule has 0 saturated heterocycles. The average Bonchev–Trinajstić information content (AvgIpc) is 3.42. The quantitative estimate of drug-likeness (QED) is 0.115. The second-order valence-corrected chi connectivity index (χ2v) is 12.5. The largest absolute Gasteiger partial charge is 0.449 e. The SMILES string of the molecule is CSCC[C@H](NC(=O)OCC1c2ccccc2-c2ccccc21)C(=O)OC(c1ccccc1)(c1ccccc1)c1ccccc1Cl. The van der Waals surface area contributed by atoms with Crippen LogP contribution in [0, 0.1) is 0 Å². The highest BCUT2D eigenvalue weighted by atomic mass is 35.5. The Labute approximate surface area is 278 Å². The van der Waals surface area contributed by atoms with Crippen LogP contribution in [-0.2, 0) is 19.9 Å². The zero-order valence-corrected chi connectivity index (χ0v) is 27.0. The predicted molar refractivity (Wildman–Crippen MR) is 185 cm³/mol. The number of alkyl carbamates (subject to hydrolysis) is 1. The Balaban J connectivity index is 1.28. The van der Waals surface area contributed by atoms with Crippen LogP contribution in [0.15, 0.2) is 133 Å². The molecule has 5 aromatic carbocycles. The molecular weight excluding hydrogens is 614 g/mol. The van der Waals surface area contributed by atoms with Crippen molar-refractivity contribution in [2.24, 2.45) is 0 Å². The molecule has 0 aliphatic heterocycles. The van der Waals surface area contributed by atoms with Gasteiger partial charge in [-0.05, 0) is 46.7 Å². The summed E-state index contributed by atoms with van der Waals surface area (Å²) in [5.41, 5.74) is 5.22. The Kier molecular flexibility index (Phi) is 9.76. The average molecular weight is 648 g/mol. The molecule has 46 heavy (non-hydrogen) atoms. The van der Waals surface area contributed by atoms with E-state index in [4.69, 9.17) is 21.1 Å². The molecule has 1 aliphatic rings. The molecule has 1 atom stereocenters. The van der Waals surface area contributed by atoms with Gasteiger partial charge in [0.25, 0.3) is 0 Å². The third-order valence-electron chi connectivity index (χ3n) is 8.40. The van der Waals surface area contributed by atoms with E-state index >= 15 is 0 Å². The summed E-state index contributed by atoms with van der Waals surface area (Å²) in [5.74, 6) is -0.0619. The van der Waals surface area contributed by atoms with Crippen LogP contribution >= 0.6 is 23.4 Å². The molecule has 0 spiro atoms. The summed E-state index contributed by atoms with van der Waals surface area (Å²) >= 11 is 8.41. The van der Waals surface area contributed by atoms with Crippen LogP contribution in [0.4, 0.5) is 4.79 Å². The topological polar surface area (TPSA) is 64.6 Å². The minimum atomic E-state index is -1.38. The van der Waals surface area contributed by atoms with Crippen molar-refractivity contribution in [1.82, 2.24) is 5.32 Å². The lowest BCUT2D eigenvalue weighted by atomic mass is 9.80. The van der Waals surface area contributed by atoms with Gasteiger partial charge in [0.1, 0.15) is 12.6 Å². The molecule has 6 rings (SSSR count). The van der Waals surface area contributed by atoms with Gasteiger partial charge in [0.15, 0.2) is 5.60 Å². The van der Waals surface area contributed by atoms with Crippen LogP contribution in [0.1, 0.15) is 40.2 Å². The molecule has 1 N–H and O–H groups in total. The van der Waals surface area contributed by atoms with E-state index < -0.39 is 23.7 Å². The molecule has 0 saturated carbocycles. The van der Waals surface area contributed by atoms with Crippen molar-refractivity contribution in [3.63, 3.8) is 0 Å². The Morgan fingerprint density at radius 3 is 1.85 bits per heavy atom. The van der Waals surface area contributed by atoms with E-state index in [2.05, 4.69) is 29.6 Å². The van der Waals surface area contributed by atoms with Gasteiger partial charge in [0, 0.05) is 27.6 Å². The van der Waals surface area contributed by atoms with E-state index in [-0.39, 0.29) is 12.5 Å². The molecule has 1 aliphatic carbocycles. The minimum Gasteiger partial charge on any atom is -0.449 e. The molecule has 0 radical (unpaired) electrons. The Bertz CT molecular complexity index is 1730. The maximum absolute atomic E-state index is 14.3. The highest BCUT2D eigenvalue weighted by Gasteiger charge is 2.43. The molecule has 232 valence electrons. The number of benzene rings is 5. The van der Waals surface area contributed by atoms with Crippen molar-refractivity contribution in [2.45, 2.75) is 24.0 Å². The molecule has 5 aromatic rings. The van der Waals surface area contributed by atoms with Crippen LogP contribution in [0.2, 0.25) is 5.02 Å². The van der Waals surface area contributed by atoms with Crippen molar-refractivity contribution in [3.05, 3.63) is 166 Å². The first-order chi connectivity index (χ1) is 22.5. The summed E-state index contributed by atoms with van der Waals surface area (Å²) < 4.78 is 12.4. The highest BCUT2D eigenvalue weighted by Crippen LogP contribution is 2.45. The van der Waals surface area contributed by atoms with Crippen LogP contribution in [0.25, 0.3) is 11.1 Å². The van der Waals surface area contributed by atoms with Gasteiger partial charge in [0.05, 0.1) is 0 Å². The third kappa shape index (κ3) is 6.28. The lowest BCUT2D eigenvalue weighted by Crippen LogP contribution is -2.46. The Hall–Kier alpha value is -4.52. The number of carbonyl (C=O) groups excluding carboxylic acids is 2. The highest BCUT2D eigenvalue weighted by molar-refractivity contribution is 7.98. The fourth-order valence-electron chi connectivity index (χ4n) is 6.23. The number of rotatable bonds is 11.